The van der Waals surface area contributed by atoms with Gasteiger partial charge in [0.15, 0.2) is 5.82 Å². The lowest BCUT2D eigenvalue weighted by Gasteiger charge is -2.20. The van der Waals surface area contributed by atoms with Crippen molar-refractivity contribution >= 4 is 11.0 Å². The van der Waals surface area contributed by atoms with Crippen LogP contribution in [0.15, 0.2) is 35.3 Å². The SMILES string of the molecule is COC[C@@H](C)n1c(C(C)(F)F)nc2ccc(-c3cc(C)c(=O)n(C)c3)cc21. The molecular formula is C20H23F2N3O2. The molecule has 2 heterocycles. The molecule has 0 saturated carbocycles. The van der Waals surface area contributed by atoms with Crippen LogP contribution in [0.25, 0.3) is 22.2 Å². The largest absolute Gasteiger partial charge is 0.383 e. The lowest BCUT2D eigenvalue weighted by molar-refractivity contribution is 0.00182. The van der Waals surface area contributed by atoms with Crippen molar-refractivity contribution in [2.75, 3.05) is 13.7 Å². The molecule has 0 radical (unpaired) electrons. The number of fused-ring (bicyclic) bond motifs is 1. The van der Waals surface area contributed by atoms with Crippen LogP contribution in [0.4, 0.5) is 8.78 Å². The number of aryl methyl sites for hydroxylation is 2. The molecule has 3 aromatic rings. The van der Waals surface area contributed by atoms with E-state index in [2.05, 4.69) is 4.98 Å². The van der Waals surface area contributed by atoms with Crippen molar-refractivity contribution in [3.05, 3.63) is 52.2 Å². The van der Waals surface area contributed by atoms with Gasteiger partial charge in [-0.2, -0.15) is 8.78 Å². The van der Waals surface area contributed by atoms with Crippen LogP contribution in [0.3, 0.4) is 0 Å². The molecule has 1 atom stereocenters. The molecule has 0 N–H and O–H groups in total. The van der Waals surface area contributed by atoms with Gasteiger partial charge in [0.1, 0.15) is 0 Å². The lowest BCUT2D eigenvalue weighted by atomic mass is 10.1. The van der Waals surface area contributed by atoms with Gasteiger partial charge in [-0.15, -0.1) is 0 Å². The molecule has 0 spiro atoms. The summed E-state index contributed by atoms with van der Waals surface area (Å²) >= 11 is 0. The Hall–Kier alpha value is -2.54. The van der Waals surface area contributed by atoms with E-state index >= 15 is 0 Å². The van der Waals surface area contributed by atoms with E-state index in [-0.39, 0.29) is 24.0 Å². The zero-order valence-electron chi connectivity index (χ0n) is 16.1. The fraction of sp³-hybridized carbons (Fsp3) is 0.400. The number of benzene rings is 1. The number of alkyl halides is 2. The van der Waals surface area contributed by atoms with Crippen LogP contribution in [0.1, 0.15) is 31.3 Å². The summed E-state index contributed by atoms with van der Waals surface area (Å²) in [5, 5.41) is 0. The molecule has 0 unspecified atom stereocenters. The average molecular weight is 375 g/mol. The molecule has 27 heavy (non-hydrogen) atoms. The van der Waals surface area contributed by atoms with Crippen molar-refractivity contribution in [2.45, 2.75) is 32.7 Å². The summed E-state index contributed by atoms with van der Waals surface area (Å²) in [5.74, 6) is -3.36. The first-order chi connectivity index (χ1) is 12.6. The quantitative estimate of drug-likeness (QED) is 0.677. The van der Waals surface area contributed by atoms with Crippen LogP contribution in [-0.4, -0.2) is 27.8 Å². The van der Waals surface area contributed by atoms with Gasteiger partial charge in [-0.25, -0.2) is 4.98 Å². The number of aromatic nitrogens is 3. The number of pyridine rings is 1. The van der Waals surface area contributed by atoms with E-state index < -0.39 is 5.92 Å². The van der Waals surface area contributed by atoms with E-state index in [1.807, 2.05) is 19.1 Å². The third-order valence-corrected chi connectivity index (χ3v) is 4.63. The maximum absolute atomic E-state index is 14.2. The van der Waals surface area contributed by atoms with Gasteiger partial charge in [-0.1, -0.05) is 6.07 Å². The monoisotopic (exact) mass is 375 g/mol. The molecule has 0 aliphatic rings. The molecule has 0 saturated heterocycles. The van der Waals surface area contributed by atoms with Gasteiger partial charge < -0.3 is 13.9 Å². The average Bonchev–Trinajstić information content (AvgIpc) is 2.98. The molecule has 0 aliphatic heterocycles. The topological polar surface area (TPSA) is 49.1 Å². The molecule has 0 amide bonds. The minimum atomic E-state index is -3.07. The molecule has 0 bridgehead atoms. The Balaban J connectivity index is 2.25. The van der Waals surface area contributed by atoms with E-state index in [1.165, 1.54) is 16.2 Å². The predicted octanol–water partition coefficient (Wildman–Crippen LogP) is 4.03. The highest BCUT2D eigenvalue weighted by Gasteiger charge is 2.33. The molecular weight excluding hydrogens is 352 g/mol. The van der Waals surface area contributed by atoms with E-state index in [0.29, 0.717) is 16.6 Å². The molecule has 0 fully saturated rings. The van der Waals surface area contributed by atoms with Crippen molar-refractivity contribution in [3.63, 3.8) is 0 Å². The maximum atomic E-state index is 14.2. The van der Waals surface area contributed by atoms with E-state index in [4.69, 9.17) is 4.74 Å². The van der Waals surface area contributed by atoms with Gasteiger partial charge in [0.05, 0.1) is 23.7 Å². The minimum absolute atomic E-state index is 0.0634. The number of hydrogen-bond donors (Lipinski definition) is 0. The van der Waals surface area contributed by atoms with E-state index in [1.54, 1.807) is 32.3 Å². The number of rotatable bonds is 5. The predicted molar refractivity (Wildman–Crippen MR) is 101 cm³/mol. The number of hydrogen-bond acceptors (Lipinski definition) is 3. The van der Waals surface area contributed by atoms with Crippen LogP contribution >= 0.6 is 0 Å². The Labute approximate surface area is 156 Å². The summed E-state index contributed by atoms with van der Waals surface area (Å²) in [6, 6.07) is 6.90. The van der Waals surface area contributed by atoms with Crippen molar-refractivity contribution in [1.29, 1.82) is 0 Å². The molecule has 7 heteroatoms. The standard InChI is InChI=1S/C20H23F2N3O2/c1-12-8-15(10-24(4)18(12)26)14-6-7-16-17(9-14)25(13(2)11-27-5)19(23-16)20(3,21)22/h6-10,13H,11H2,1-5H3/t13-/m1/s1. The summed E-state index contributed by atoms with van der Waals surface area (Å²) in [6.07, 6.45) is 1.74. The Morgan fingerprint density at radius 1 is 1.26 bits per heavy atom. The van der Waals surface area contributed by atoms with Crippen LogP contribution in [0.5, 0.6) is 0 Å². The Kier molecular flexibility index (Phi) is 4.90. The van der Waals surface area contributed by atoms with Gasteiger partial charge in [0.25, 0.3) is 5.56 Å². The minimum Gasteiger partial charge on any atom is -0.383 e. The Morgan fingerprint density at radius 3 is 2.56 bits per heavy atom. The fourth-order valence-corrected chi connectivity index (χ4v) is 3.38. The van der Waals surface area contributed by atoms with Crippen LogP contribution < -0.4 is 5.56 Å². The number of nitrogens with zero attached hydrogens (tertiary/aromatic N) is 3. The third-order valence-electron chi connectivity index (χ3n) is 4.63. The van der Waals surface area contributed by atoms with Gasteiger partial charge in [-0.3, -0.25) is 4.79 Å². The van der Waals surface area contributed by atoms with E-state index in [0.717, 1.165) is 18.1 Å². The van der Waals surface area contributed by atoms with Crippen molar-refractivity contribution in [3.8, 4) is 11.1 Å². The summed E-state index contributed by atoms with van der Waals surface area (Å²) in [5.41, 5.74) is 3.34. The molecule has 2 aromatic heterocycles. The van der Waals surface area contributed by atoms with Crippen LogP contribution in [-0.2, 0) is 17.7 Å². The smallest absolute Gasteiger partial charge is 0.302 e. The highest BCUT2D eigenvalue weighted by Crippen LogP contribution is 2.34. The molecule has 3 rings (SSSR count). The number of ether oxygens (including phenoxy) is 1. The van der Waals surface area contributed by atoms with Crippen LogP contribution in [0, 0.1) is 6.92 Å². The second-order valence-electron chi connectivity index (χ2n) is 7.03. The number of halogens is 2. The first-order valence-electron chi connectivity index (χ1n) is 8.70. The summed E-state index contributed by atoms with van der Waals surface area (Å²) in [4.78, 5) is 16.1. The highest BCUT2D eigenvalue weighted by molar-refractivity contribution is 5.83. The third kappa shape index (κ3) is 3.51. The Bertz CT molecular complexity index is 1020. The second-order valence-corrected chi connectivity index (χ2v) is 7.03. The first kappa shape index (κ1) is 19.2. The summed E-state index contributed by atoms with van der Waals surface area (Å²) in [6.45, 7) is 4.72. The van der Waals surface area contributed by atoms with Gasteiger partial charge in [0.2, 0.25) is 0 Å². The van der Waals surface area contributed by atoms with Gasteiger partial charge in [-0.05, 0) is 43.2 Å². The zero-order valence-corrected chi connectivity index (χ0v) is 16.1. The van der Waals surface area contributed by atoms with Crippen molar-refractivity contribution < 1.29 is 13.5 Å². The summed E-state index contributed by atoms with van der Waals surface area (Å²) in [7, 11) is 3.23. The van der Waals surface area contributed by atoms with E-state index in [9.17, 15) is 13.6 Å². The summed E-state index contributed by atoms with van der Waals surface area (Å²) < 4.78 is 36.6. The normalized spacial score (nSPS) is 13.3. The number of imidazole rings is 1. The van der Waals surface area contributed by atoms with Crippen molar-refractivity contribution in [2.24, 2.45) is 7.05 Å². The molecule has 0 aliphatic carbocycles. The number of methoxy groups -OCH3 is 1. The molecule has 1 aromatic carbocycles. The van der Waals surface area contributed by atoms with Crippen LogP contribution in [0.2, 0.25) is 0 Å². The first-order valence-corrected chi connectivity index (χ1v) is 8.70. The lowest BCUT2D eigenvalue weighted by Crippen LogP contribution is -2.21. The molecule has 5 nitrogen and oxygen atoms in total. The maximum Gasteiger partial charge on any atom is 0.302 e. The second kappa shape index (κ2) is 6.88. The fourth-order valence-electron chi connectivity index (χ4n) is 3.38. The highest BCUT2D eigenvalue weighted by atomic mass is 19.3. The van der Waals surface area contributed by atoms with Gasteiger partial charge in [0, 0.05) is 32.8 Å². The zero-order chi connectivity index (χ0) is 19.9. The Morgan fingerprint density at radius 2 is 1.96 bits per heavy atom. The van der Waals surface area contributed by atoms with Crippen molar-refractivity contribution in [1.82, 2.24) is 14.1 Å². The molecule has 144 valence electrons. The van der Waals surface area contributed by atoms with Gasteiger partial charge >= 0.3 is 5.92 Å².